The summed E-state index contributed by atoms with van der Waals surface area (Å²) < 4.78 is 0. The lowest BCUT2D eigenvalue weighted by molar-refractivity contribution is -0.138. The monoisotopic (exact) mass is 311 g/mol. The van der Waals surface area contributed by atoms with Crippen molar-refractivity contribution in [1.29, 1.82) is 0 Å². The summed E-state index contributed by atoms with van der Waals surface area (Å²) in [5.41, 5.74) is 0.324. The van der Waals surface area contributed by atoms with Crippen LogP contribution in [0.1, 0.15) is 57.6 Å². The number of hydrogen-bond donors (Lipinski definition) is 3. The van der Waals surface area contributed by atoms with E-state index in [-0.39, 0.29) is 12.5 Å². The van der Waals surface area contributed by atoms with Gasteiger partial charge in [0.05, 0.1) is 17.7 Å². The topological polar surface area (TPSA) is 91.3 Å². The van der Waals surface area contributed by atoms with Gasteiger partial charge in [0.1, 0.15) is 0 Å². The minimum absolute atomic E-state index is 0.0322. The van der Waals surface area contributed by atoms with Crippen LogP contribution < -0.4 is 10.6 Å². The van der Waals surface area contributed by atoms with Crippen molar-refractivity contribution in [1.82, 2.24) is 10.3 Å². The average molecular weight is 311 g/mol. The van der Waals surface area contributed by atoms with E-state index < -0.39 is 11.5 Å². The number of amides is 2. The summed E-state index contributed by atoms with van der Waals surface area (Å²) in [6, 6.07) is -0.372. The molecule has 3 N–H and O–H groups in total. The van der Waals surface area contributed by atoms with E-state index in [0.717, 1.165) is 18.5 Å². The molecule has 1 heterocycles. The fourth-order valence-corrected chi connectivity index (χ4v) is 3.53. The molecule has 1 saturated carbocycles. The van der Waals surface area contributed by atoms with Crippen LogP contribution in [-0.2, 0) is 4.79 Å². The number of carboxylic acids is 1. The van der Waals surface area contributed by atoms with Crippen molar-refractivity contribution >= 4 is 28.5 Å². The van der Waals surface area contributed by atoms with Gasteiger partial charge in [0.2, 0.25) is 0 Å². The molecular formula is C14H21N3O3S. The quantitative estimate of drug-likeness (QED) is 0.779. The van der Waals surface area contributed by atoms with Crippen molar-refractivity contribution in [3.05, 3.63) is 11.1 Å². The smallest absolute Gasteiger partial charge is 0.321 e. The van der Waals surface area contributed by atoms with Crippen LogP contribution in [0.2, 0.25) is 0 Å². The number of urea groups is 1. The molecule has 0 aliphatic heterocycles. The molecule has 6 nitrogen and oxygen atoms in total. The third-order valence-electron chi connectivity index (χ3n) is 3.76. The molecule has 0 atom stereocenters. The van der Waals surface area contributed by atoms with Gasteiger partial charge in [-0.3, -0.25) is 10.1 Å². The summed E-state index contributed by atoms with van der Waals surface area (Å²) in [5.74, 6) is -0.568. The lowest BCUT2D eigenvalue weighted by atomic mass is 9.93. The number of hydrogen-bond acceptors (Lipinski definition) is 4. The molecule has 21 heavy (non-hydrogen) atoms. The van der Waals surface area contributed by atoms with Crippen LogP contribution >= 0.6 is 11.3 Å². The lowest BCUT2D eigenvalue weighted by Crippen LogP contribution is -2.49. The van der Waals surface area contributed by atoms with Gasteiger partial charge in [-0.15, -0.1) is 11.3 Å². The highest BCUT2D eigenvalue weighted by atomic mass is 32.1. The third kappa shape index (κ3) is 4.17. The van der Waals surface area contributed by atoms with Gasteiger partial charge in [-0.25, -0.2) is 9.78 Å². The Morgan fingerprint density at radius 3 is 2.62 bits per heavy atom. The van der Waals surface area contributed by atoms with Gasteiger partial charge in [-0.05, 0) is 18.8 Å². The molecule has 1 aromatic heterocycles. The molecule has 1 aromatic rings. The van der Waals surface area contributed by atoms with E-state index in [9.17, 15) is 9.59 Å². The Labute approximate surface area is 128 Å². The number of aromatic nitrogens is 1. The van der Waals surface area contributed by atoms with Gasteiger partial charge in [0.25, 0.3) is 0 Å². The van der Waals surface area contributed by atoms with E-state index in [1.165, 1.54) is 11.3 Å². The maximum Gasteiger partial charge on any atom is 0.321 e. The first-order chi connectivity index (χ1) is 9.90. The van der Waals surface area contributed by atoms with Crippen LogP contribution in [0, 0.1) is 0 Å². The van der Waals surface area contributed by atoms with Crippen molar-refractivity contribution in [3.63, 3.8) is 0 Å². The Morgan fingerprint density at radius 1 is 1.43 bits per heavy atom. The molecule has 1 fully saturated rings. The molecule has 1 aliphatic carbocycles. The number of nitrogens with zero attached hydrogens (tertiary/aromatic N) is 1. The van der Waals surface area contributed by atoms with Crippen molar-refractivity contribution in [2.75, 3.05) is 5.32 Å². The zero-order chi connectivity index (χ0) is 15.5. The summed E-state index contributed by atoms with van der Waals surface area (Å²) >= 11 is 1.38. The van der Waals surface area contributed by atoms with Gasteiger partial charge >= 0.3 is 12.0 Å². The molecule has 0 unspecified atom stereocenters. The Morgan fingerprint density at radius 2 is 2.10 bits per heavy atom. The first kappa shape index (κ1) is 15.8. The largest absolute Gasteiger partial charge is 0.481 e. The number of nitrogens with one attached hydrogen (secondary N) is 2. The molecule has 0 aromatic carbocycles. The molecule has 2 rings (SSSR count). The Hall–Kier alpha value is -1.63. The average Bonchev–Trinajstić information content (AvgIpc) is 2.98. The van der Waals surface area contributed by atoms with Gasteiger partial charge in [0, 0.05) is 5.38 Å². The highest BCUT2D eigenvalue weighted by Crippen LogP contribution is 2.32. The molecule has 0 bridgehead atoms. The van der Waals surface area contributed by atoms with Crippen molar-refractivity contribution < 1.29 is 14.7 Å². The Kier molecular flexibility index (Phi) is 4.82. The predicted molar refractivity (Wildman–Crippen MR) is 81.8 cm³/mol. The lowest BCUT2D eigenvalue weighted by Gasteiger charge is -2.28. The van der Waals surface area contributed by atoms with Crippen molar-refractivity contribution in [2.24, 2.45) is 0 Å². The predicted octanol–water partition coefficient (Wildman–Crippen LogP) is 3.18. The second-order valence-electron chi connectivity index (χ2n) is 5.87. The van der Waals surface area contributed by atoms with E-state index in [0.29, 0.717) is 23.9 Å². The van der Waals surface area contributed by atoms with E-state index in [2.05, 4.69) is 15.6 Å². The van der Waals surface area contributed by atoms with Gasteiger partial charge in [0.15, 0.2) is 5.13 Å². The summed E-state index contributed by atoms with van der Waals surface area (Å²) in [6.07, 6.45) is 3.28. The molecular weight excluding hydrogens is 290 g/mol. The summed E-state index contributed by atoms with van der Waals surface area (Å²) in [4.78, 5) is 27.4. The second-order valence-corrected chi connectivity index (χ2v) is 6.73. The molecule has 7 heteroatoms. The number of carboxylic acid groups (broad SMARTS) is 1. The first-order valence-corrected chi connectivity index (χ1v) is 8.04. The minimum Gasteiger partial charge on any atom is -0.481 e. The molecule has 116 valence electrons. The molecule has 0 saturated heterocycles. The van der Waals surface area contributed by atoms with E-state index in [1.807, 2.05) is 19.2 Å². The first-order valence-electron chi connectivity index (χ1n) is 7.17. The fraction of sp³-hybridized carbons (Fsp3) is 0.643. The number of thiazole rings is 1. The van der Waals surface area contributed by atoms with Crippen LogP contribution in [0.5, 0.6) is 0 Å². The number of anilines is 1. The Balaban J connectivity index is 1.97. The number of aliphatic carboxylic acids is 1. The second kappa shape index (κ2) is 6.43. The van der Waals surface area contributed by atoms with Crippen LogP contribution in [0.25, 0.3) is 0 Å². The summed E-state index contributed by atoms with van der Waals surface area (Å²) in [5, 5.41) is 17.0. The van der Waals surface area contributed by atoms with Crippen LogP contribution in [0.4, 0.5) is 9.93 Å². The van der Waals surface area contributed by atoms with Gasteiger partial charge < -0.3 is 10.4 Å². The highest BCUT2D eigenvalue weighted by molar-refractivity contribution is 7.13. The SMILES string of the molecule is CC(C)c1csc(NC(=O)NC2(CC(=O)O)CCCC2)n1. The normalized spacial score (nSPS) is 16.9. The molecule has 0 radical (unpaired) electrons. The number of carbonyl (C=O) groups excluding carboxylic acids is 1. The Bertz CT molecular complexity index is 521. The zero-order valence-electron chi connectivity index (χ0n) is 12.3. The standard InChI is InChI=1S/C14H21N3O3S/c1-9(2)10-8-21-13(15-10)16-12(20)17-14(7-11(18)19)5-3-4-6-14/h8-9H,3-7H2,1-2H3,(H,18,19)(H2,15,16,17,20). The minimum atomic E-state index is -0.881. The van der Waals surface area contributed by atoms with E-state index >= 15 is 0 Å². The molecule has 2 amide bonds. The van der Waals surface area contributed by atoms with Gasteiger partial charge in [-0.2, -0.15) is 0 Å². The summed E-state index contributed by atoms with van der Waals surface area (Å²) in [6.45, 7) is 4.08. The van der Waals surface area contributed by atoms with E-state index in [1.54, 1.807) is 0 Å². The summed E-state index contributed by atoms with van der Waals surface area (Å²) in [7, 11) is 0. The molecule has 0 spiro atoms. The number of carbonyl (C=O) groups is 2. The third-order valence-corrected chi connectivity index (χ3v) is 4.54. The van der Waals surface area contributed by atoms with Gasteiger partial charge in [-0.1, -0.05) is 26.7 Å². The van der Waals surface area contributed by atoms with Crippen LogP contribution in [0.3, 0.4) is 0 Å². The van der Waals surface area contributed by atoms with Crippen molar-refractivity contribution in [3.8, 4) is 0 Å². The highest BCUT2D eigenvalue weighted by Gasteiger charge is 2.37. The van der Waals surface area contributed by atoms with Crippen LogP contribution in [0.15, 0.2) is 5.38 Å². The number of rotatable bonds is 5. The zero-order valence-corrected chi connectivity index (χ0v) is 13.1. The maximum absolute atomic E-state index is 12.1. The molecule has 1 aliphatic rings. The maximum atomic E-state index is 12.1. The van der Waals surface area contributed by atoms with Crippen LogP contribution in [-0.4, -0.2) is 27.6 Å². The fourth-order valence-electron chi connectivity index (χ4n) is 2.67. The van der Waals surface area contributed by atoms with Crippen molar-refractivity contribution in [2.45, 2.75) is 57.4 Å². The van der Waals surface area contributed by atoms with E-state index in [4.69, 9.17) is 5.11 Å².